The van der Waals surface area contributed by atoms with Gasteiger partial charge in [-0.3, -0.25) is 65.8 Å². The monoisotopic (exact) mass is 1840 g/mol. The maximum absolute atomic E-state index is 11.4. The number of carboxylic acid groups (broad SMARTS) is 7. The number of nitro groups is 2. The van der Waals surface area contributed by atoms with Gasteiger partial charge in [0.1, 0.15) is 47.2 Å². The zero-order chi connectivity index (χ0) is 84.1. The van der Waals surface area contributed by atoms with Crippen LogP contribution in [0.5, 0.6) is 0 Å². The van der Waals surface area contributed by atoms with Gasteiger partial charge in [0.15, 0.2) is 34.9 Å². The molecule has 11 aromatic rings. The third-order valence-electron chi connectivity index (χ3n) is 15.1. The maximum atomic E-state index is 11.4. The molecule has 3 unspecified atom stereocenters. The number of hydrogen-bond acceptors (Lipinski definition) is 37. The van der Waals surface area contributed by atoms with Gasteiger partial charge in [0.05, 0.1) is 65.9 Å². The molecule has 54 heteroatoms. The average molecular weight is 1850 g/mol. The van der Waals surface area contributed by atoms with Gasteiger partial charge in [0, 0.05) is 109 Å². The van der Waals surface area contributed by atoms with Gasteiger partial charge < -0.3 is 74.0 Å². The number of rotatable bonds is 28. The molecule has 7 heterocycles. The number of aromatic nitrogens is 21. The molecule has 8 N–H and O–H groups in total. The molecule has 4 aromatic carbocycles. The predicted octanol–water partition coefficient (Wildman–Crippen LogP) is -24.2. The van der Waals surface area contributed by atoms with Gasteiger partial charge in [-0.2, -0.15) is 35.9 Å². The zero-order valence-electron chi connectivity index (χ0n) is 67.9. The molecular formula is C68H67K5N24Na2O22S. The second-order valence-corrected chi connectivity index (χ2v) is 24.1. The molecule has 7 aromatic heterocycles. The molecule has 1 aliphatic rings. The van der Waals surface area contributed by atoms with E-state index in [1.807, 2.05) is 37.3 Å². The molecule has 1 fully saturated rings. The molecule has 1 saturated carbocycles. The van der Waals surface area contributed by atoms with Gasteiger partial charge >= 0.3 is 322 Å². The van der Waals surface area contributed by atoms with E-state index in [9.17, 15) is 94.3 Å². The van der Waals surface area contributed by atoms with Crippen LogP contribution < -0.4 is 352 Å². The number of aryl methyl sites for hydroxylation is 2. The summed E-state index contributed by atoms with van der Waals surface area (Å²) in [5.74, 6) is -8.43. The Labute approximate surface area is 953 Å². The van der Waals surface area contributed by atoms with Crippen LogP contribution in [0.2, 0.25) is 0 Å². The first-order chi connectivity index (χ1) is 54.9. The van der Waals surface area contributed by atoms with Crippen molar-refractivity contribution in [3.8, 4) is 40.2 Å². The van der Waals surface area contributed by atoms with E-state index in [0.29, 0.717) is 40.1 Å². The van der Waals surface area contributed by atoms with Crippen LogP contribution in [0.1, 0.15) is 126 Å². The van der Waals surface area contributed by atoms with Gasteiger partial charge in [-0.15, -0.1) is 0 Å². The molecule has 0 spiro atoms. The Hall–Kier alpha value is -4.77. The van der Waals surface area contributed by atoms with E-state index >= 15 is 0 Å². The number of esters is 1. The van der Waals surface area contributed by atoms with Crippen molar-refractivity contribution in [1.82, 2.24) is 106 Å². The molecule has 0 aliphatic heterocycles. The first-order valence-electron chi connectivity index (χ1n) is 33.7. The number of non-ortho nitro benzene ring substituents is 2. The van der Waals surface area contributed by atoms with Gasteiger partial charge in [0.25, 0.3) is 11.4 Å². The van der Waals surface area contributed by atoms with Gasteiger partial charge in [-0.25, -0.2) is 44.7 Å². The number of aliphatic carboxylic acids is 7. The molecule has 3 atom stereocenters. The second-order valence-electron chi connectivity index (χ2n) is 23.7. The Balaban J connectivity index is 0. The standard InChI is InChI=1S/C15H16N4O4.C14H15N3O4.2C10H8N4O4.C10H15N3O2.C5H7N3O2.C4H5N3O2S.5K.2Na/c1-9-3-5-10(6-4-9)13-17-14(19-18-13)12(15(20)21)11(7-16)8-23-22-2;1-2-21-11(18)8-10-15-13(17-16-10)12(14(19)20)9-6-4-3-5-7-9;15-9(16)5-8-11-10(13-12-8)6-1-3-7(4-2-6)14(17)18;15-9(16)5-8-11-10(13-12-8)6-2-1-3-7(4-6)14(17)18;14-9(15)6-8-11-10(13-12-8)7-4-2-1-3-5-7;1-3-6-4(8-7-3)2-5(9)10;8-3(9)1-2-5-4(10)7-6-2;;;;;;;/h3-6,11-12H,8H2,1-2H3,(H,20,21)(H,17,18,19);3-7,12H,2,8H2,1H3,(H,19,20)(H,15,16,17);2*1-4H,5H2,(H,15,16)(H,11,12,13);7H,1-6H2,(H,14,15)(H,11,12,13);2H2,1H3,(H,9,10)(H,6,7,8);1H2,(H,8,9)(H2,5,6,7,10);;;;;;;/q;;;;;;;7*+1/p-7. The Morgan fingerprint density at radius 3 is 1.51 bits per heavy atom. The number of hydrogen-bond donors (Lipinski definition) is 8. The van der Waals surface area contributed by atoms with Crippen molar-refractivity contribution < 1.29 is 414 Å². The maximum Gasteiger partial charge on any atom is 1.00 e. The fraction of sp³-hybridized carbons (Fsp3) is 0.309. The quantitative estimate of drug-likeness (QED) is 0.00564. The fourth-order valence-electron chi connectivity index (χ4n) is 9.93. The van der Waals surface area contributed by atoms with Gasteiger partial charge in [0.2, 0.25) is 4.77 Å². The molecule has 1 aliphatic carbocycles. The number of H-pyrrole nitrogens is 8. The largest absolute Gasteiger partial charge is 1.00 e. The summed E-state index contributed by atoms with van der Waals surface area (Å²) in [7, 11) is 1.27. The summed E-state index contributed by atoms with van der Waals surface area (Å²) in [6, 6.07) is 29.2. The van der Waals surface area contributed by atoms with E-state index in [0.717, 1.165) is 29.8 Å². The Morgan fingerprint density at radius 1 is 0.525 bits per heavy atom. The van der Waals surface area contributed by atoms with Crippen molar-refractivity contribution in [2.45, 2.75) is 109 Å². The molecule has 0 amide bonds. The normalized spacial score (nSPS) is 11.3. The second kappa shape index (κ2) is 64.0. The summed E-state index contributed by atoms with van der Waals surface area (Å²) in [4.78, 5) is 142. The van der Waals surface area contributed by atoms with Crippen molar-refractivity contribution in [3.63, 3.8) is 0 Å². The summed E-state index contributed by atoms with van der Waals surface area (Å²) in [5, 5.41) is 147. The van der Waals surface area contributed by atoms with Crippen LogP contribution in [0, 0.1) is 56.1 Å². The van der Waals surface area contributed by atoms with E-state index in [-0.39, 0.29) is 436 Å². The molecule has 0 radical (unpaired) electrons. The molecule has 46 nitrogen and oxygen atoms in total. The number of carbonyl (C=O) groups excluding carboxylic acids is 8. The Morgan fingerprint density at radius 2 is 1.02 bits per heavy atom. The number of carbonyl (C=O) groups is 8. The molecule has 604 valence electrons. The van der Waals surface area contributed by atoms with Gasteiger partial charge in [-0.05, 0) is 63.5 Å². The predicted molar refractivity (Wildman–Crippen MR) is 374 cm³/mol. The fourth-order valence-corrected chi connectivity index (χ4v) is 10.1. The van der Waals surface area contributed by atoms with E-state index in [1.165, 1.54) is 68.8 Å². The van der Waals surface area contributed by atoms with Crippen LogP contribution >= 0.6 is 12.2 Å². The number of aromatic amines is 8. The molecule has 0 saturated heterocycles. The van der Waals surface area contributed by atoms with Crippen LogP contribution in [-0.2, 0) is 91.4 Å². The van der Waals surface area contributed by atoms with Crippen molar-refractivity contribution in [3.05, 3.63) is 197 Å². The van der Waals surface area contributed by atoms with E-state index in [2.05, 4.69) is 128 Å². The number of carboxylic acids is 7. The third-order valence-corrected chi connectivity index (χ3v) is 15.3. The van der Waals surface area contributed by atoms with Crippen LogP contribution in [-0.4, -0.2) is 184 Å². The van der Waals surface area contributed by atoms with Crippen molar-refractivity contribution in [2.75, 3.05) is 20.3 Å². The van der Waals surface area contributed by atoms with E-state index in [1.54, 1.807) is 50.2 Å². The van der Waals surface area contributed by atoms with E-state index < -0.39 is 75.4 Å². The van der Waals surface area contributed by atoms with Crippen LogP contribution in [0.4, 0.5) is 11.4 Å². The summed E-state index contributed by atoms with van der Waals surface area (Å²) >= 11 is 4.57. The van der Waals surface area contributed by atoms with Crippen molar-refractivity contribution in [1.29, 1.82) is 5.26 Å². The van der Waals surface area contributed by atoms with E-state index in [4.69, 9.17) is 10.00 Å². The topological polar surface area (TPSA) is 730 Å². The summed E-state index contributed by atoms with van der Waals surface area (Å²) < 4.78 is 5.04. The van der Waals surface area contributed by atoms with Crippen molar-refractivity contribution in [2.24, 2.45) is 5.92 Å². The Bertz CT molecular complexity index is 5180. The number of ether oxygens (including phenoxy) is 1. The average Bonchev–Trinajstić information content (AvgIpc) is 1.67. The Kier molecular flexibility index (Phi) is 62.6. The molecule has 122 heavy (non-hydrogen) atoms. The smallest absolute Gasteiger partial charge is 0.550 e. The SMILES string of the molecule is CCOC(=O)Cc1nc(C(C(=O)[O-])c2ccccc2)n[nH]1.COOCC(C#N)C(C(=O)[O-])c1nc(-c2ccc(C)cc2)n[nH]1.Cc1nc(CC(=O)[O-])n[nH]1.O=C([O-])Cc1nc(-c2ccc([N+](=O)[O-])cc2)n[nH]1.O=C([O-])Cc1nc(-c2cccc([N+](=O)[O-])c2)n[nH]1.O=C([O-])Cc1nc(=S)[nH][nH]1.O=C([O-])Cc1nc(C2CCCCC2)n[nH]1.[K+].[K+].[K+].[K+].[K+].[Na+].[Na+]. The van der Waals surface area contributed by atoms with Crippen LogP contribution in [0.15, 0.2) is 103 Å². The number of nitriles is 1. The van der Waals surface area contributed by atoms with Crippen LogP contribution in [0.3, 0.4) is 0 Å². The summed E-state index contributed by atoms with van der Waals surface area (Å²) in [5.41, 5.74) is 3.20. The zero-order valence-corrected chi connectivity index (χ0v) is 88.3. The first kappa shape index (κ1) is 119. The molecular weight excluding hydrogens is 1780 g/mol. The first-order valence-corrected chi connectivity index (χ1v) is 34.1. The minimum Gasteiger partial charge on any atom is -0.550 e. The minimum absolute atomic E-state index is 0. The molecule has 0 bridgehead atoms. The molecule has 12 rings (SSSR count). The number of benzene rings is 4. The summed E-state index contributed by atoms with van der Waals surface area (Å²) in [6.45, 7) is 5.39. The number of nitrogens with one attached hydrogen (secondary N) is 8. The van der Waals surface area contributed by atoms with Crippen LogP contribution in [0.25, 0.3) is 34.2 Å². The van der Waals surface area contributed by atoms with Gasteiger partial charge in [-0.1, -0.05) is 91.6 Å². The number of nitro benzene ring substituents is 2. The summed E-state index contributed by atoms with van der Waals surface area (Å²) in [6.07, 6.45) is 4.45. The third kappa shape index (κ3) is 43.8. The minimum atomic E-state index is -1.44. The van der Waals surface area contributed by atoms with Crippen molar-refractivity contribution >= 4 is 71.3 Å². The number of nitrogens with zero attached hydrogens (tertiary/aromatic N) is 16.